The van der Waals surface area contributed by atoms with Gasteiger partial charge in [0.25, 0.3) is 5.91 Å². The van der Waals surface area contributed by atoms with Crippen LogP contribution in [0.1, 0.15) is 21.7 Å². The van der Waals surface area contributed by atoms with Gasteiger partial charge in [-0.05, 0) is 40.8 Å². The Balaban J connectivity index is 1.74. The highest BCUT2D eigenvalue weighted by Crippen LogP contribution is 2.38. The van der Waals surface area contributed by atoms with Crippen molar-refractivity contribution >= 4 is 33.2 Å². The van der Waals surface area contributed by atoms with Crippen LogP contribution in [-0.2, 0) is 18.4 Å². The molecule has 2 amide bonds. The van der Waals surface area contributed by atoms with Crippen molar-refractivity contribution in [3.8, 4) is 16.9 Å². The van der Waals surface area contributed by atoms with Gasteiger partial charge in [0.15, 0.2) is 0 Å². The number of hydrogen-bond donors (Lipinski definition) is 1. The maximum absolute atomic E-state index is 13.6. The molecule has 4 rings (SSSR count). The fourth-order valence-corrected chi connectivity index (χ4v) is 5.03. The van der Waals surface area contributed by atoms with E-state index in [-0.39, 0.29) is 23.8 Å². The quantitative estimate of drug-likeness (QED) is 0.405. The molecule has 0 saturated carbocycles. The summed E-state index contributed by atoms with van der Waals surface area (Å²) in [5.74, 6) is 0.414. The normalized spacial score (nSPS) is 10.8. The third-order valence-electron chi connectivity index (χ3n) is 5.82. The molecule has 4 aromatic rings. The van der Waals surface area contributed by atoms with Gasteiger partial charge in [-0.15, -0.1) is 11.3 Å². The van der Waals surface area contributed by atoms with Gasteiger partial charge in [0.05, 0.1) is 12.0 Å². The number of aromatic nitrogens is 1. The Morgan fingerprint density at radius 2 is 1.86 bits per heavy atom. The van der Waals surface area contributed by atoms with Crippen molar-refractivity contribution in [2.75, 3.05) is 20.7 Å². The number of carbonyl (C=O) groups is 2. The highest BCUT2D eigenvalue weighted by Gasteiger charge is 2.21. The van der Waals surface area contributed by atoms with Crippen molar-refractivity contribution in [3.63, 3.8) is 0 Å². The second-order valence-electron chi connectivity index (χ2n) is 8.21. The molecule has 0 aliphatic heterocycles. The van der Waals surface area contributed by atoms with Gasteiger partial charge in [-0.3, -0.25) is 14.4 Å². The highest BCUT2D eigenvalue weighted by molar-refractivity contribution is 7.21. The number of nitrogens with one attached hydrogen (secondary N) is 1. The summed E-state index contributed by atoms with van der Waals surface area (Å²) in [6, 6.07) is 18.7. The van der Waals surface area contributed by atoms with Gasteiger partial charge < -0.3 is 19.5 Å². The molecule has 180 valence electrons. The molecule has 8 heteroatoms. The minimum absolute atomic E-state index is 0.0948. The molecule has 2 aromatic heterocycles. The van der Waals surface area contributed by atoms with Crippen LogP contribution in [0.2, 0.25) is 0 Å². The smallest absolute Gasteiger partial charge is 0.264 e. The molecule has 0 atom stereocenters. The molecule has 2 aromatic carbocycles. The maximum Gasteiger partial charge on any atom is 0.264 e. The maximum atomic E-state index is 13.6. The Morgan fingerprint density at radius 1 is 1.09 bits per heavy atom. The predicted molar refractivity (Wildman–Crippen MR) is 139 cm³/mol. The van der Waals surface area contributed by atoms with Crippen LogP contribution in [0, 0.1) is 0 Å². The summed E-state index contributed by atoms with van der Waals surface area (Å²) >= 11 is 1.40. The lowest BCUT2D eigenvalue weighted by atomic mass is 10.1. The highest BCUT2D eigenvalue weighted by atomic mass is 32.1. The molecule has 0 radical (unpaired) electrons. The van der Waals surface area contributed by atoms with Crippen LogP contribution < -0.4 is 15.6 Å². The van der Waals surface area contributed by atoms with Crippen LogP contribution >= 0.6 is 11.3 Å². The lowest BCUT2D eigenvalue weighted by Gasteiger charge is -2.22. The number of thiophene rings is 1. The average molecular weight is 490 g/mol. The minimum Gasteiger partial charge on any atom is -0.497 e. The molecular formula is C27H27N3O4S. The van der Waals surface area contributed by atoms with Gasteiger partial charge in [0, 0.05) is 56.1 Å². The number of amides is 2. The van der Waals surface area contributed by atoms with E-state index < -0.39 is 0 Å². The second kappa shape index (κ2) is 10.6. The molecule has 1 N–H and O–H groups in total. The molecule has 0 fully saturated rings. The largest absolute Gasteiger partial charge is 0.497 e. The molecule has 0 aliphatic carbocycles. The predicted octanol–water partition coefficient (Wildman–Crippen LogP) is 4.05. The lowest BCUT2D eigenvalue weighted by molar-refractivity contribution is -0.120. The average Bonchev–Trinajstić information content (AvgIpc) is 3.31. The SMILES string of the molecule is CNC(=O)CCN(Cc1ccccc1)C(=O)c1cc2cc(OC)cc(-c3ccc(=O)n(C)c3)c2s1. The molecule has 35 heavy (non-hydrogen) atoms. The van der Waals surface area contributed by atoms with E-state index in [1.807, 2.05) is 48.5 Å². The van der Waals surface area contributed by atoms with E-state index >= 15 is 0 Å². The van der Waals surface area contributed by atoms with Crippen LogP contribution in [-0.4, -0.2) is 42.0 Å². The number of nitrogens with zero attached hydrogens (tertiary/aromatic N) is 2. The Morgan fingerprint density at radius 3 is 2.54 bits per heavy atom. The minimum atomic E-state index is -0.135. The molecule has 2 heterocycles. The van der Waals surface area contributed by atoms with Crippen molar-refractivity contribution in [1.82, 2.24) is 14.8 Å². The van der Waals surface area contributed by atoms with Gasteiger partial charge in [0.1, 0.15) is 5.75 Å². The van der Waals surface area contributed by atoms with Crippen LogP contribution in [0.15, 0.2) is 71.7 Å². The van der Waals surface area contributed by atoms with E-state index in [4.69, 9.17) is 4.74 Å². The Bertz CT molecular complexity index is 1430. The van der Waals surface area contributed by atoms with E-state index in [2.05, 4.69) is 5.32 Å². The topological polar surface area (TPSA) is 80.6 Å². The monoisotopic (exact) mass is 489 g/mol. The Hall–Kier alpha value is -3.91. The Kier molecular flexibility index (Phi) is 7.31. The lowest BCUT2D eigenvalue weighted by Crippen LogP contribution is -2.33. The van der Waals surface area contributed by atoms with E-state index in [9.17, 15) is 14.4 Å². The first kappa shape index (κ1) is 24.2. The summed E-state index contributed by atoms with van der Waals surface area (Å²) in [5.41, 5.74) is 2.64. The van der Waals surface area contributed by atoms with Crippen molar-refractivity contribution < 1.29 is 14.3 Å². The first-order valence-corrected chi connectivity index (χ1v) is 12.0. The number of ether oxygens (including phenoxy) is 1. The van der Waals surface area contributed by atoms with Gasteiger partial charge in [-0.2, -0.15) is 0 Å². The molecular weight excluding hydrogens is 462 g/mol. The van der Waals surface area contributed by atoms with Crippen molar-refractivity contribution in [1.29, 1.82) is 0 Å². The molecule has 0 unspecified atom stereocenters. The number of rotatable bonds is 8. The van der Waals surface area contributed by atoms with Gasteiger partial charge in [-0.1, -0.05) is 30.3 Å². The van der Waals surface area contributed by atoms with Crippen LogP contribution in [0.25, 0.3) is 21.2 Å². The second-order valence-corrected chi connectivity index (χ2v) is 9.26. The standard InChI is InChI=1S/C27H27N3O4S/c1-28-24(31)11-12-30(16-18-7-5-4-6-8-18)27(33)23-14-20-13-21(34-3)15-22(26(20)35-23)19-9-10-25(32)29(2)17-19/h4-10,13-15,17H,11-12,16H2,1-3H3,(H,28,31). The van der Waals surface area contributed by atoms with E-state index in [0.29, 0.717) is 23.7 Å². The summed E-state index contributed by atoms with van der Waals surface area (Å²) in [6.07, 6.45) is 2.00. The number of pyridine rings is 1. The van der Waals surface area contributed by atoms with E-state index in [1.165, 1.54) is 22.0 Å². The van der Waals surface area contributed by atoms with Gasteiger partial charge >= 0.3 is 0 Å². The van der Waals surface area contributed by atoms with Gasteiger partial charge in [-0.25, -0.2) is 0 Å². The number of fused-ring (bicyclic) bond motifs is 1. The summed E-state index contributed by atoms with van der Waals surface area (Å²) in [5, 5.41) is 3.50. The summed E-state index contributed by atoms with van der Waals surface area (Å²) < 4.78 is 7.97. The number of carbonyl (C=O) groups excluding carboxylic acids is 2. The van der Waals surface area contributed by atoms with E-state index in [1.54, 1.807) is 38.4 Å². The van der Waals surface area contributed by atoms with Gasteiger partial charge in [0.2, 0.25) is 11.5 Å². The van der Waals surface area contributed by atoms with Crippen LogP contribution in [0.5, 0.6) is 5.75 Å². The molecule has 0 saturated heterocycles. The summed E-state index contributed by atoms with van der Waals surface area (Å²) in [6.45, 7) is 0.709. The van der Waals surface area contributed by atoms with E-state index in [0.717, 1.165) is 26.8 Å². The third kappa shape index (κ3) is 5.44. The molecule has 7 nitrogen and oxygen atoms in total. The number of methoxy groups -OCH3 is 1. The fourth-order valence-electron chi connectivity index (χ4n) is 3.89. The zero-order chi connectivity index (χ0) is 24.9. The van der Waals surface area contributed by atoms with Crippen molar-refractivity contribution in [2.24, 2.45) is 7.05 Å². The third-order valence-corrected chi connectivity index (χ3v) is 7.00. The zero-order valence-corrected chi connectivity index (χ0v) is 20.7. The number of benzene rings is 2. The Labute approximate surface area is 207 Å². The summed E-state index contributed by atoms with van der Waals surface area (Å²) in [7, 11) is 4.90. The zero-order valence-electron chi connectivity index (χ0n) is 19.9. The van der Waals surface area contributed by atoms with Crippen molar-refractivity contribution in [2.45, 2.75) is 13.0 Å². The van der Waals surface area contributed by atoms with Crippen LogP contribution in [0.4, 0.5) is 0 Å². The molecule has 0 aliphatic rings. The first-order chi connectivity index (χ1) is 16.9. The summed E-state index contributed by atoms with van der Waals surface area (Å²) in [4.78, 5) is 39.7. The van der Waals surface area contributed by atoms with Crippen molar-refractivity contribution in [3.05, 3.63) is 87.7 Å². The number of hydrogen-bond acceptors (Lipinski definition) is 5. The molecule has 0 spiro atoms. The number of aryl methyl sites for hydroxylation is 1. The van der Waals surface area contributed by atoms with Crippen LogP contribution in [0.3, 0.4) is 0 Å². The fraction of sp³-hybridized carbons (Fsp3) is 0.222. The molecule has 0 bridgehead atoms. The first-order valence-electron chi connectivity index (χ1n) is 11.2.